The van der Waals surface area contributed by atoms with E-state index in [0.29, 0.717) is 24.5 Å². The van der Waals surface area contributed by atoms with E-state index in [1.54, 1.807) is 0 Å². The number of benzene rings is 2. The van der Waals surface area contributed by atoms with Crippen molar-refractivity contribution in [2.45, 2.75) is 18.9 Å². The molecule has 0 aliphatic carbocycles. The van der Waals surface area contributed by atoms with E-state index in [-0.39, 0.29) is 0 Å². The van der Waals surface area contributed by atoms with Crippen LogP contribution in [0.1, 0.15) is 12.8 Å². The molecule has 0 radical (unpaired) electrons. The number of terminal acetylenes is 1. The van der Waals surface area contributed by atoms with E-state index in [4.69, 9.17) is 11.2 Å². The summed E-state index contributed by atoms with van der Waals surface area (Å²) >= 11 is 0. The Morgan fingerprint density at radius 3 is 2.92 bits per heavy atom. The maximum atomic E-state index is 12.2. The fraction of sp³-hybridized carbons (Fsp3) is 0.381. The lowest BCUT2D eigenvalue weighted by Gasteiger charge is -2.48. The number of hydrogen-bond acceptors (Lipinski definition) is 3. The quantitative estimate of drug-likeness (QED) is 0.870. The molecule has 2 aromatic carbocycles. The van der Waals surface area contributed by atoms with Gasteiger partial charge in [-0.05, 0) is 36.8 Å². The Morgan fingerprint density at radius 1 is 1.28 bits per heavy atom. The Morgan fingerprint density at radius 2 is 2.12 bits per heavy atom. The second kappa shape index (κ2) is 6.78. The third-order valence-corrected chi connectivity index (χ3v) is 5.53. The number of amides is 1. The number of nitrogens with zero attached hydrogens (tertiary/aromatic N) is 1. The SMILES string of the molecule is C#C[C@H]1CN2CC[C@H]1C[C@@H]2COC(=O)Nc1cccc2ccccc12. The van der Waals surface area contributed by atoms with Crippen LogP contribution in [-0.4, -0.2) is 36.7 Å². The van der Waals surface area contributed by atoms with Crippen molar-refractivity contribution in [2.75, 3.05) is 25.0 Å². The highest BCUT2D eigenvalue weighted by atomic mass is 16.5. The van der Waals surface area contributed by atoms with E-state index in [2.05, 4.69) is 16.1 Å². The lowest BCUT2D eigenvalue weighted by Crippen LogP contribution is -2.54. The van der Waals surface area contributed by atoms with Crippen LogP contribution < -0.4 is 5.32 Å². The van der Waals surface area contributed by atoms with Gasteiger partial charge < -0.3 is 4.74 Å². The van der Waals surface area contributed by atoms with Gasteiger partial charge >= 0.3 is 6.09 Å². The first-order valence-electron chi connectivity index (χ1n) is 8.86. The second-order valence-corrected chi connectivity index (χ2v) is 6.96. The second-order valence-electron chi connectivity index (χ2n) is 6.96. The molecule has 1 unspecified atom stereocenters. The zero-order valence-corrected chi connectivity index (χ0v) is 14.2. The molecule has 3 aliphatic rings. The van der Waals surface area contributed by atoms with Crippen LogP contribution in [0.3, 0.4) is 0 Å². The first-order valence-corrected chi connectivity index (χ1v) is 8.86. The molecule has 2 aromatic rings. The number of hydrogen-bond donors (Lipinski definition) is 1. The zero-order valence-electron chi connectivity index (χ0n) is 14.2. The average molecular weight is 334 g/mol. The maximum Gasteiger partial charge on any atom is 0.411 e. The Bertz CT molecular complexity index is 821. The van der Waals surface area contributed by atoms with E-state index >= 15 is 0 Å². The monoisotopic (exact) mass is 334 g/mol. The Labute approximate surface area is 148 Å². The first-order chi connectivity index (χ1) is 12.2. The summed E-state index contributed by atoms with van der Waals surface area (Å²) in [5.41, 5.74) is 0.779. The topological polar surface area (TPSA) is 41.6 Å². The van der Waals surface area contributed by atoms with E-state index in [1.807, 2.05) is 42.5 Å². The highest BCUT2D eigenvalue weighted by Crippen LogP contribution is 2.36. The van der Waals surface area contributed by atoms with Crippen molar-refractivity contribution in [2.24, 2.45) is 11.8 Å². The van der Waals surface area contributed by atoms with E-state index in [9.17, 15) is 4.79 Å². The van der Waals surface area contributed by atoms with Crippen LogP contribution >= 0.6 is 0 Å². The molecule has 4 atom stereocenters. The van der Waals surface area contributed by atoms with Crippen molar-refractivity contribution < 1.29 is 9.53 Å². The number of ether oxygens (including phenoxy) is 1. The summed E-state index contributed by atoms with van der Waals surface area (Å²) in [5.74, 6) is 3.84. The largest absolute Gasteiger partial charge is 0.448 e. The normalized spacial score (nSPS) is 27.6. The zero-order chi connectivity index (χ0) is 17.2. The van der Waals surface area contributed by atoms with Gasteiger partial charge in [-0.25, -0.2) is 4.79 Å². The average Bonchev–Trinajstić information content (AvgIpc) is 2.67. The molecule has 3 heterocycles. The van der Waals surface area contributed by atoms with Gasteiger partial charge in [0.25, 0.3) is 0 Å². The molecule has 0 spiro atoms. The van der Waals surface area contributed by atoms with Crippen molar-refractivity contribution in [3.63, 3.8) is 0 Å². The summed E-state index contributed by atoms with van der Waals surface area (Å²) in [5, 5.41) is 4.98. The van der Waals surface area contributed by atoms with Gasteiger partial charge in [-0.2, -0.15) is 0 Å². The van der Waals surface area contributed by atoms with Crippen LogP contribution in [0.2, 0.25) is 0 Å². The van der Waals surface area contributed by atoms with Gasteiger partial charge in [0.05, 0.1) is 5.69 Å². The van der Waals surface area contributed by atoms with Crippen LogP contribution in [0.25, 0.3) is 10.8 Å². The molecule has 25 heavy (non-hydrogen) atoms. The van der Waals surface area contributed by atoms with Crippen molar-refractivity contribution in [3.8, 4) is 12.3 Å². The van der Waals surface area contributed by atoms with Crippen molar-refractivity contribution >= 4 is 22.6 Å². The highest BCUT2D eigenvalue weighted by molar-refractivity contribution is 6.00. The van der Waals surface area contributed by atoms with Crippen molar-refractivity contribution in [1.29, 1.82) is 0 Å². The third-order valence-electron chi connectivity index (χ3n) is 5.53. The minimum absolute atomic E-state index is 0.293. The number of rotatable bonds is 3. The molecule has 1 N–H and O–H groups in total. The van der Waals surface area contributed by atoms with Crippen LogP contribution in [0.5, 0.6) is 0 Å². The Hall–Kier alpha value is -2.51. The molecule has 0 saturated carbocycles. The van der Waals surface area contributed by atoms with Gasteiger partial charge in [0.1, 0.15) is 6.61 Å². The van der Waals surface area contributed by atoms with E-state index < -0.39 is 6.09 Å². The molecule has 5 rings (SSSR count). The number of nitrogens with one attached hydrogen (secondary N) is 1. The van der Waals surface area contributed by atoms with Gasteiger partial charge in [-0.15, -0.1) is 12.3 Å². The first kappa shape index (κ1) is 16.0. The number of fused-ring (bicyclic) bond motifs is 4. The summed E-state index contributed by atoms with van der Waals surface area (Å²) in [6, 6.07) is 14.1. The smallest absolute Gasteiger partial charge is 0.411 e. The number of carbonyl (C=O) groups is 1. The van der Waals surface area contributed by atoms with Gasteiger partial charge in [-0.3, -0.25) is 10.2 Å². The molecular weight excluding hydrogens is 312 g/mol. The summed E-state index contributed by atoms with van der Waals surface area (Å²) in [6.07, 6.45) is 7.41. The van der Waals surface area contributed by atoms with Crippen LogP contribution in [-0.2, 0) is 4.74 Å². The molecule has 3 fully saturated rings. The molecule has 4 heteroatoms. The molecule has 1 amide bonds. The van der Waals surface area contributed by atoms with Gasteiger partial charge in [-0.1, -0.05) is 36.4 Å². The van der Waals surface area contributed by atoms with Crippen molar-refractivity contribution in [3.05, 3.63) is 42.5 Å². The number of anilines is 1. The minimum atomic E-state index is -0.396. The summed E-state index contributed by atoms with van der Waals surface area (Å²) in [7, 11) is 0. The molecule has 0 aromatic heterocycles. The lowest BCUT2D eigenvalue weighted by atomic mass is 9.76. The predicted molar refractivity (Wildman–Crippen MR) is 99.3 cm³/mol. The van der Waals surface area contributed by atoms with Crippen LogP contribution in [0.15, 0.2) is 42.5 Å². The van der Waals surface area contributed by atoms with Gasteiger partial charge in [0.2, 0.25) is 0 Å². The standard InChI is InChI=1S/C21H22N2O2/c1-2-15-13-23-11-10-17(15)12-18(23)14-25-21(24)22-20-9-5-7-16-6-3-4-8-19(16)20/h1,3-9,15,17-18H,10-14H2,(H,22,24)/t15-,17-,18+/m0/s1. The van der Waals surface area contributed by atoms with Crippen LogP contribution in [0.4, 0.5) is 10.5 Å². The number of piperidine rings is 3. The number of carbonyl (C=O) groups excluding carboxylic acids is 1. The summed E-state index contributed by atoms with van der Waals surface area (Å²) in [4.78, 5) is 14.6. The molecule has 128 valence electrons. The predicted octanol–water partition coefficient (Wildman–Crippen LogP) is 3.73. The van der Waals surface area contributed by atoms with Crippen molar-refractivity contribution in [1.82, 2.24) is 4.90 Å². The molecule has 3 aliphatic heterocycles. The molecule has 4 nitrogen and oxygen atoms in total. The summed E-state index contributed by atoms with van der Waals surface area (Å²) < 4.78 is 5.51. The Balaban J connectivity index is 1.36. The fourth-order valence-electron chi connectivity index (χ4n) is 4.15. The fourth-order valence-corrected chi connectivity index (χ4v) is 4.15. The molecule has 2 bridgehead atoms. The van der Waals surface area contributed by atoms with Crippen LogP contribution in [0, 0.1) is 24.2 Å². The third kappa shape index (κ3) is 3.20. The minimum Gasteiger partial charge on any atom is -0.448 e. The molecule has 3 saturated heterocycles. The maximum absolute atomic E-state index is 12.2. The summed E-state index contributed by atoms with van der Waals surface area (Å²) in [6.45, 7) is 2.41. The lowest BCUT2D eigenvalue weighted by molar-refractivity contribution is -0.00665. The molecular formula is C21H22N2O2. The van der Waals surface area contributed by atoms with E-state index in [0.717, 1.165) is 42.4 Å². The Kier molecular flexibility index (Phi) is 4.33. The van der Waals surface area contributed by atoms with Gasteiger partial charge in [0.15, 0.2) is 0 Å². The highest BCUT2D eigenvalue weighted by Gasteiger charge is 2.39. The van der Waals surface area contributed by atoms with Gasteiger partial charge in [0, 0.05) is 23.9 Å². The van der Waals surface area contributed by atoms with E-state index in [1.165, 1.54) is 0 Å².